The normalized spacial score (nSPS) is 13.4. The van der Waals surface area contributed by atoms with E-state index in [4.69, 9.17) is 10.00 Å². The Morgan fingerprint density at radius 3 is 2.12 bits per heavy atom. The Labute approximate surface area is 98.1 Å². The van der Waals surface area contributed by atoms with Crippen molar-refractivity contribution in [2.75, 3.05) is 6.61 Å². The smallest absolute Gasteiger partial charge is 0.178 e. The number of Topliss-reactive ketones (excluding diaryl/α,β-unsaturated/α-hetero) is 1. The van der Waals surface area contributed by atoms with Gasteiger partial charge >= 0.3 is 0 Å². The molecule has 3 heteroatoms. The topological polar surface area (TPSA) is 50.1 Å². The molecular weight excluding hydrogens is 202 g/mol. The number of rotatable bonds is 4. The lowest BCUT2D eigenvalue weighted by atomic mass is 9.85. The first-order valence-corrected chi connectivity index (χ1v) is 5.45. The number of allylic oxidation sites excluding steroid dienone is 1. The molecule has 0 aliphatic rings. The van der Waals surface area contributed by atoms with Crippen molar-refractivity contribution in [1.82, 2.24) is 0 Å². The van der Waals surface area contributed by atoms with Crippen molar-refractivity contribution in [3.8, 4) is 6.07 Å². The summed E-state index contributed by atoms with van der Waals surface area (Å²) in [5.74, 6) is -0.150. The predicted octanol–water partition coefficient (Wildman–Crippen LogP) is 2.87. The lowest BCUT2D eigenvalue weighted by molar-refractivity contribution is -0.122. The van der Waals surface area contributed by atoms with Gasteiger partial charge in [0, 0.05) is 12.0 Å². The van der Waals surface area contributed by atoms with Crippen molar-refractivity contribution in [3.63, 3.8) is 0 Å². The molecule has 0 rings (SSSR count). The summed E-state index contributed by atoms with van der Waals surface area (Å²) in [6.45, 7) is 11.5. The maximum atomic E-state index is 11.9. The Hall–Kier alpha value is -1.14. The van der Waals surface area contributed by atoms with Gasteiger partial charge in [0.25, 0.3) is 0 Å². The zero-order valence-corrected chi connectivity index (χ0v) is 11.0. The minimum atomic E-state index is -0.583. The molecule has 0 amide bonds. The van der Waals surface area contributed by atoms with Crippen LogP contribution < -0.4 is 0 Å². The molecule has 0 atom stereocenters. The van der Waals surface area contributed by atoms with Gasteiger partial charge in [-0.15, -0.1) is 0 Å². The third kappa shape index (κ3) is 4.59. The van der Waals surface area contributed by atoms with Crippen LogP contribution in [-0.2, 0) is 9.53 Å². The van der Waals surface area contributed by atoms with E-state index in [1.165, 1.54) is 0 Å². The quantitative estimate of drug-likeness (QED) is 0.544. The molecule has 0 heterocycles. The van der Waals surface area contributed by atoms with E-state index in [0.29, 0.717) is 6.61 Å². The van der Waals surface area contributed by atoms with Crippen LogP contribution in [-0.4, -0.2) is 18.0 Å². The van der Waals surface area contributed by atoms with E-state index in [1.54, 1.807) is 26.8 Å². The second-order valence-corrected chi connectivity index (χ2v) is 5.29. The van der Waals surface area contributed by atoms with Gasteiger partial charge in [-0.2, -0.15) is 5.26 Å². The number of nitrogens with zero attached hydrogens (tertiary/aromatic N) is 1. The van der Waals surface area contributed by atoms with Gasteiger partial charge in [0.05, 0.1) is 11.2 Å². The van der Waals surface area contributed by atoms with Gasteiger partial charge in [-0.1, -0.05) is 20.8 Å². The first-order valence-electron chi connectivity index (χ1n) is 5.45. The molecule has 0 aliphatic carbocycles. The average Bonchev–Trinajstić information content (AvgIpc) is 2.11. The molecule has 16 heavy (non-hydrogen) atoms. The molecule has 0 radical (unpaired) electrons. The maximum Gasteiger partial charge on any atom is 0.178 e. The first kappa shape index (κ1) is 14.9. The lowest BCUT2D eigenvalue weighted by Gasteiger charge is -2.22. The summed E-state index contributed by atoms with van der Waals surface area (Å²) < 4.78 is 5.44. The number of ether oxygens (including phenoxy) is 1. The van der Waals surface area contributed by atoms with E-state index in [2.05, 4.69) is 0 Å². The molecule has 0 aliphatic heterocycles. The van der Waals surface area contributed by atoms with Crippen LogP contribution in [0.15, 0.2) is 11.6 Å². The highest BCUT2D eigenvalue weighted by Gasteiger charge is 2.27. The lowest BCUT2D eigenvalue weighted by Crippen LogP contribution is -2.26. The highest BCUT2D eigenvalue weighted by atomic mass is 16.5. The Morgan fingerprint density at radius 1 is 1.31 bits per heavy atom. The molecule has 0 saturated carbocycles. The van der Waals surface area contributed by atoms with Crippen LogP contribution in [0.3, 0.4) is 0 Å². The van der Waals surface area contributed by atoms with E-state index in [-0.39, 0.29) is 11.4 Å². The Bertz CT molecular complexity index is 327. The fourth-order valence-corrected chi connectivity index (χ4v) is 1.31. The van der Waals surface area contributed by atoms with Crippen molar-refractivity contribution in [2.24, 2.45) is 5.41 Å². The van der Waals surface area contributed by atoms with E-state index in [9.17, 15) is 4.79 Å². The molecule has 0 saturated heterocycles. The van der Waals surface area contributed by atoms with E-state index in [1.807, 2.05) is 26.8 Å². The van der Waals surface area contributed by atoms with Gasteiger partial charge in [0.1, 0.15) is 6.07 Å². The Morgan fingerprint density at radius 2 is 1.81 bits per heavy atom. The summed E-state index contributed by atoms with van der Waals surface area (Å²) in [4.78, 5) is 11.9. The largest absolute Gasteiger partial charge is 0.372 e. The molecular formula is C13H21NO2. The Balaban J connectivity index is 5.10. The van der Waals surface area contributed by atoms with Crippen molar-refractivity contribution in [1.29, 1.82) is 5.26 Å². The molecule has 0 spiro atoms. The van der Waals surface area contributed by atoms with Crippen molar-refractivity contribution in [2.45, 2.75) is 47.1 Å². The molecule has 0 bridgehead atoms. The molecule has 0 aromatic rings. The van der Waals surface area contributed by atoms with Gasteiger partial charge in [-0.3, -0.25) is 4.79 Å². The van der Waals surface area contributed by atoms with Crippen molar-refractivity contribution in [3.05, 3.63) is 11.6 Å². The van der Waals surface area contributed by atoms with Gasteiger partial charge < -0.3 is 4.74 Å². The Kier molecular flexibility index (Phi) is 4.89. The maximum absolute atomic E-state index is 11.9. The van der Waals surface area contributed by atoms with E-state index < -0.39 is 11.0 Å². The molecule has 0 fully saturated rings. The second-order valence-electron chi connectivity index (χ2n) is 5.29. The van der Waals surface area contributed by atoms with Crippen LogP contribution in [0.1, 0.15) is 41.5 Å². The highest BCUT2D eigenvalue weighted by Crippen LogP contribution is 2.22. The third-order valence-corrected chi connectivity index (χ3v) is 2.05. The van der Waals surface area contributed by atoms with Crippen LogP contribution in [0.4, 0.5) is 0 Å². The van der Waals surface area contributed by atoms with Crippen LogP contribution in [0.2, 0.25) is 0 Å². The van der Waals surface area contributed by atoms with E-state index in [0.717, 1.165) is 0 Å². The minimum Gasteiger partial charge on any atom is -0.372 e. The number of carbonyl (C=O) groups is 1. The number of ketones is 1. The predicted molar refractivity (Wildman–Crippen MR) is 63.9 cm³/mol. The van der Waals surface area contributed by atoms with Crippen LogP contribution in [0, 0.1) is 16.7 Å². The zero-order valence-electron chi connectivity index (χ0n) is 11.0. The summed E-state index contributed by atoms with van der Waals surface area (Å²) in [5.41, 5.74) is -0.948. The SMILES string of the molecule is CCOC(C)(C)/C=C(\C#N)C(=O)C(C)(C)C. The molecule has 0 N–H and O–H groups in total. The number of carbonyl (C=O) groups excluding carboxylic acids is 1. The molecule has 90 valence electrons. The van der Waals surface area contributed by atoms with Crippen LogP contribution >= 0.6 is 0 Å². The zero-order chi connectivity index (χ0) is 13.0. The van der Waals surface area contributed by atoms with Crippen molar-refractivity contribution < 1.29 is 9.53 Å². The molecule has 0 aromatic carbocycles. The first-order chi connectivity index (χ1) is 7.14. The molecule has 3 nitrogen and oxygen atoms in total. The third-order valence-electron chi connectivity index (χ3n) is 2.05. The van der Waals surface area contributed by atoms with Crippen LogP contribution in [0.25, 0.3) is 0 Å². The summed E-state index contributed by atoms with van der Waals surface area (Å²) in [6.07, 6.45) is 1.60. The fraction of sp³-hybridized carbons (Fsp3) is 0.692. The van der Waals surface area contributed by atoms with Gasteiger partial charge in [-0.25, -0.2) is 0 Å². The standard InChI is InChI=1S/C13H21NO2/c1-7-16-13(5,6)8-10(9-14)11(15)12(2,3)4/h8H,7H2,1-6H3/b10-8+. The summed E-state index contributed by atoms with van der Waals surface area (Å²) in [7, 11) is 0. The van der Waals surface area contributed by atoms with Crippen LogP contribution in [0.5, 0.6) is 0 Å². The molecule has 0 unspecified atom stereocenters. The van der Waals surface area contributed by atoms with Gasteiger partial charge in [0.15, 0.2) is 5.78 Å². The summed E-state index contributed by atoms with van der Waals surface area (Å²) >= 11 is 0. The van der Waals surface area contributed by atoms with E-state index >= 15 is 0 Å². The summed E-state index contributed by atoms with van der Waals surface area (Å²) in [5, 5.41) is 9.00. The monoisotopic (exact) mass is 223 g/mol. The number of hydrogen-bond donors (Lipinski definition) is 0. The second kappa shape index (κ2) is 5.27. The number of hydrogen-bond acceptors (Lipinski definition) is 3. The fourth-order valence-electron chi connectivity index (χ4n) is 1.31. The molecule has 0 aromatic heterocycles. The van der Waals surface area contributed by atoms with Crippen molar-refractivity contribution >= 4 is 5.78 Å². The number of nitriles is 1. The minimum absolute atomic E-state index is 0.150. The van der Waals surface area contributed by atoms with Gasteiger partial charge in [0.2, 0.25) is 0 Å². The van der Waals surface area contributed by atoms with Gasteiger partial charge in [-0.05, 0) is 26.8 Å². The summed E-state index contributed by atoms with van der Waals surface area (Å²) in [6, 6.07) is 1.95. The average molecular weight is 223 g/mol. The highest BCUT2D eigenvalue weighted by molar-refractivity contribution is 6.02.